The minimum atomic E-state index is -0.463. The number of nitrogens with one attached hydrogen (secondary N) is 2. The van der Waals surface area contributed by atoms with E-state index in [1.165, 1.54) is 23.9 Å². The van der Waals surface area contributed by atoms with Crippen LogP contribution < -0.4 is 10.6 Å². The molecule has 7 nitrogen and oxygen atoms in total. The van der Waals surface area contributed by atoms with Gasteiger partial charge in [-0.15, -0.1) is 11.8 Å². The summed E-state index contributed by atoms with van der Waals surface area (Å²) >= 11 is 1.30. The lowest BCUT2D eigenvalue weighted by Gasteiger charge is -2.14. The summed E-state index contributed by atoms with van der Waals surface area (Å²) < 4.78 is 0. The second-order valence-corrected chi connectivity index (χ2v) is 7.30. The van der Waals surface area contributed by atoms with Crippen molar-refractivity contribution in [3.8, 4) is 0 Å². The Kier molecular flexibility index (Phi) is 6.95. The van der Waals surface area contributed by atoms with E-state index < -0.39 is 10.2 Å². The van der Waals surface area contributed by atoms with E-state index in [0.29, 0.717) is 17.8 Å². The first kappa shape index (κ1) is 20.4. The topological polar surface area (TPSA) is 101 Å². The van der Waals surface area contributed by atoms with Gasteiger partial charge in [0.05, 0.1) is 10.2 Å². The molecule has 2 rings (SSSR count). The zero-order valence-electron chi connectivity index (χ0n) is 15.3. The first-order valence-corrected chi connectivity index (χ1v) is 9.30. The van der Waals surface area contributed by atoms with E-state index in [1.807, 2.05) is 13.8 Å². The molecule has 8 heteroatoms. The monoisotopic (exact) mass is 387 g/mol. The van der Waals surface area contributed by atoms with Crippen LogP contribution in [0.5, 0.6) is 0 Å². The molecular weight excluding hydrogens is 366 g/mol. The van der Waals surface area contributed by atoms with E-state index in [-0.39, 0.29) is 17.5 Å². The van der Waals surface area contributed by atoms with Crippen molar-refractivity contribution < 1.29 is 14.5 Å². The molecule has 2 amide bonds. The second-order valence-electron chi connectivity index (χ2n) is 5.89. The summed E-state index contributed by atoms with van der Waals surface area (Å²) in [4.78, 5) is 35.5. The third kappa shape index (κ3) is 5.55. The van der Waals surface area contributed by atoms with Crippen LogP contribution >= 0.6 is 11.8 Å². The highest BCUT2D eigenvalue weighted by atomic mass is 32.2. The molecule has 2 aromatic carbocycles. The van der Waals surface area contributed by atoms with Gasteiger partial charge in [0.1, 0.15) is 0 Å². The summed E-state index contributed by atoms with van der Waals surface area (Å²) in [5.41, 5.74) is 1.92. The van der Waals surface area contributed by atoms with Gasteiger partial charge in [-0.05, 0) is 50.6 Å². The van der Waals surface area contributed by atoms with Gasteiger partial charge in [-0.1, -0.05) is 6.07 Å². The van der Waals surface area contributed by atoms with E-state index in [1.54, 1.807) is 37.3 Å². The van der Waals surface area contributed by atoms with Gasteiger partial charge < -0.3 is 10.6 Å². The Morgan fingerprint density at radius 1 is 1.19 bits per heavy atom. The molecule has 0 aliphatic rings. The molecule has 27 heavy (non-hydrogen) atoms. The van der Waals surface area contributed by atoms with Gasteiger partial charge in [0.25, 0.3) is 11.6 Å². The predicted octanol–water partition coefficient (Wildman–Crippen LogP) is 3.77. The van der Waals surface area contributed by atoms with Gasteiger partial charge >= 0.3 is 0 Å². The van der Waals surface area contributed by atoms with Crippen LogP contribution in [0.3, 0.4) is 0 Å². The maximum Gasteiger partial charge on any atom is 0.269 e. The number of carbonyl (C=O) groups is 2. The lowest BCUT2D eigenvalue weighted by atomic mass is 10.1. The lowest BCUT2D eigenvalue weighted by molar-refractivity contribution is -0.384. The van der Waals surface area contributed by atoms with Crippen molar-refractivity contribution in [3.63, 3.8) is 0 Å². The standard InChI is InChI=1S/C19H21N3O4S/c1-4-20-19(24)14-6-5-12(2)17(11-14)21-18(23)13(3)27-16-9-7-15(8-10-16)22(25)26/h5-11,13H,4H2,1-3H3,(H,20,24)(H,21,23). The number of rotatable bonds is 7. The molecular formula is C19H21N3O4S. The summed E-state index contributed by atoms with van der Waals surface area (Å²) in [5, 5.41) is 15.9. The van der Waals surface area contributed by atoms with E-state index in [0.717, 1.165) is 10.5 Å². The number of non-ortho nitro benzene ring substituents is 1. The maximum absolute atomic E-state index is 12.5. The van der Waals surface area contributed by atoms with Crippen molar-refractivity contribution in [2.45, 2.75) is 30.9 Å². The number of hydrogen-bond donors (Lipinski definition) is 2. The minimum Gasteiger partial charge on any atom is -0.352 e. The van der Waals surface area contributed by atoms with E-state index in [2.05, 4.69) is 10.6 Å². The highest BCUT2D eigenvalue weighted by Gasteiger charge is 2.17. The fourth-order valence-corrected chi connectivity index (χ4v) is 3.17. The molecule has 0 bridgehead atoms. The number of amides is 2. The van der Waals surface area contributed by atoms with E-state index in [4.69, 9.17) is 0 Å². The highest BCUT2D eigenvalue weighted by molar-refractivity contribution is 8.00. The molecule has 0 aliphatic carbocycles. The van der Waals surface area contributed by atoms with Crippen LogP contribution in [0, 0.1) is 17.0 Å². The maximum atomic E-state index is 12.5. The van der Waals surface area contributed by atoms with Crippen molar-refractivity contribution in [3.05, 3.63) is 63.7 Å². The molecule has 2 aromatic rings. The SMILES string of the molecule is CCNC(=O)c1ccc(C)c(NC(=O)C(C)Sc2ccc([N+](=O)[O-])cc2)c1. The summed E-state index contributed by atoms with van der Waals surface area (Å²) in [6.07, 6.45) is 0. The largest absolute Gasteiger partial charge is 0.352 e. The number of aryl methyl sites for hydroxylation is 1. The van der Waals surface area contributed by atoms with Crippen LogP contribution in [0.1, 0.15) is 29.8 Å². The van der Waals surface area contributed by atoms with Crippen molar-refractivity contribution >= 4 is 35.0 Å². The summed E-state index contributed by atoms with van der Waals surface area (Å²) in [6.45, 7) is 5.97. The smallest absolute Gasteiger partial charge is 0.269 e. The Hall–Kier alpha value is -2.87. The zero-order valence-corrected chi connectivity index (χ0v) is 16.1. The quantitative estimate of drug-likeness (QED) is 0.428. The van der Waals surface area contributed by atoms with Crippen molar-refractivity contribution in [2.75, 3.05) is 11.9 Å². The number of hydrogen-bond acceptors (Lipinski definition) is 5. The van der Waals surface area contributed by atoms with Gasteiger partial charge in [-0.25, -0.2) is 0 Å². The number of carbonyl (C=O) groups excluding carboxylic acids is 2. The molecule has 0 aliphatic heterocycles. The van der Waals surface area contributed by atoms with Crippen LogP contribution in [0.4, 0.5) is 11.4 Å². The number of benzene rings is 2. The highest BCUT2D eigenvalue weighted by Crippen LogP contribution is 2.27. The van der Waals surface area contributed by atoms with Gasteiger partial charge in [0.2, 0.25) is 5.91 Å². The minimum absolute atomic E-state index is 0.00857. The van der Waals surface area contributed by atoms with Gasteiger partial charge in [-0.2, -0.15) is 0 Å². The lowest BCUT2D eigenvalue weighted by Crippen LogP contribution is -2.25. The Labute approximate surface area is 161 Å². The first-order chi connectivity index (χ1) is 12.8. The van der Waals surface area contributed by atoms with Gasteiger partial charge in [-0.3, -0.25) is 19.7 Å². The number of nitro groups is 1. The third-order valence-corrected chi connectivity index (χ3v) is 4.94. The summed E-state index contributed by atoms with van der Waals surface area (Å²) in [7, 11) is 0. The molecule has 0 heterocycles. The zero-order chi connectivity index (χ0) is 20.0. The molecule has 0 radical (unpaired) electrons. The van der Waals surface area contributed by atoms with Crippen molar-refractivity contribution in [2.24, 2.45) is 0 Å². The molecule has 0 saturated carbocycles. The normalized spacial score (nSPS) is 11.5. The number of anilines is 1. The van der Waals surface area contributed by atoms with Crippen LogP contribution in [0.25, 0.3) is 0 Å². The van der Waals surface area contributed by atoms with Gasteiger partial charge in [0, 0.05) is 34.8 Å². The van der Waals surface area contributed by atoms with Crippen molar-refractivity contribution in [1.29, 1.82) is 0 Å². The average molecular weight is 387 g/mol. The third-order valence-electron chi connectivity index (χ3n) is 3.82. The van der Waals surface area contributed by atoms with Crippen molar-refractivity contribution in [1.82, 2.24) is 5.32 Å². The molecule has 1 unspecified atom stereocenters. The van der Waals surface area contributed by atoms with Crippen LogP contribution in [0.2, 0.25) is 0 Å². The summed E-state index contributed by atoms with van der Waals surface area (Å²) in [5.74, 6) is -0.407. The molecule has 0 fully saturated rings. The Bertz CT molecular complexity index is 853. The molecule has 1 atom stereocenters. The summed E-state index contributed by atoms with van der Waals surface area (Å²) in [6, 6.07) is 11.2. The van der Waals surface area contributed by atoms with Crippen LogP contribution in [0.15, 0.2) is 47.4 Å². The Morgan fingerprint density at radius 2 is 1.85 bits per heavy atom. The van der Waals surface area contributed by atoms with Crippen LogP contribution in [-0.4, -0.2) is 28.5 Å². The fraction of sp³-hybridized carbons (Fsp3) is 0.263. The molecule has 0 aromatic heterocycles. The molecule has 2 N–H and O–H groups in total. The number of nitro benzene ring substituents is 1. The van der Waals surface area contributed by atoms with Gasteiger partial charge in [0.15, 0.2) is 0 Å². The molecule has 142 valence electrons. The second kappa shape index (κ2) is 9.18. The molecule has 0 saturated heterocycles. The van der Waals surface area contributed by atoms with E-state index in [9.17, 15) is 19.7 Å². The van der Waals surface area contributed by atoms with E-state index >= 15 is 0 Å². The number of thioether (sulfide) groups is 1. The first-order valence-electron chi connectivity index (χ1n) is 8.42. The Morgan fingerprint density at radius 3 is 2.44 bits per heavy atom. The predicted molar refractivity (Wildman–Crippen MR) is 106 cm³/mol. The Balaban J connectivity index is 2.06. The fourth-order valence-electron chi connectivity index (χ4n) is 2.30. The number of nitrogens with zero attached hydrogens (tertiary/aromatic N) is 1. The molecule has 0 spiro atoms. The average Bonchev–Trinajstić information content (AvgIpc) is 2.64. The van der Waals surface area contributed by atoms with Crippen LogP contribution in [-0.2, 0) is 4.79 Å².